The maximum absolute atomic E-state index is 12.2. The Bertz CT molecular complexity index is 941. The van der Waals surface area contributed by atoms with Crippen molar-refractivity contribution < 1.29 is 4.79 Å². The second kappa shape index (κ2) is 8.08. The first kappa shape index (κ1) is 18.7. The van der Waals surface area contributed by atoms with Gasteiger partial charge in [-0.1, -0.05) is 31.5 Å². The summed E-state index contributed by atoms with van der Waals surface area (Å²) in [5, 5.41) is 7.61. The van der Waals surface area contributed by atoms with Crippen LogP contribution in [0.25, 0.3) is 5.69 Å². The first-order valence-electron chi connectivity index (χ1n) is 9.27. The highest BCUT2D eigenvalue weighted by atomic mass is 16.1. The summed E-state index contributed by atoms with van der Waals surface area (Å²) >= 11 is 0. The van der Waals surface area contributed by atoms with Gasteiger partial charge in [0.25, 0.3) is 5.91 Å². The van der Waals surface area contributed by atoms with E-state index in [0.29, 0.717) is 17.8 Å². The molecule has 3 aromatic rings. The fraction of sp³-hybridized carbons (Fsp3) is 0.273. The Balaban J connectivity index is 1.69. The molecule has 0 aliphatic carbocycles. The average molecular weight is 362 g/mol. The first-order chi connectivity index (χ1) is 13.0. The molecule has 140 valence electrons. The molecule has 3 N–H and O–H groups in total. The Hall–Kier alpha value is -3.08. The predicted octanol–water partition coefficient (Wildman–Crippen LogP) is 3.95. The summed E-state index contributed by atoms with van der Waals surface area (Å²) in [6, 6.07) is 15.1. The number of nitrogens with one attached hydrogen (secondary N) is 1. The van der Waals surface area contributed by atoms with Crippen LogP contribution in [0.1, 0.15) is 46.2 Å². The number of carbonyl (C=O) groups is 1. The minimum absolute atomic E-state index is 0.130. The predicted molar refractivity (Wildman–Crippen MR) is 109 cm³/mol. The molecule has 2 aromatic carbocycles. The van der Waals surface area contributed by atoms with Gasteiger partial charge in [0, 0.05) is 23.5 Å². The van der Waals surface area contributed by atoms with E-state index in [9.17, 15) is 4.79 Å². The van der Waals surface area contributed by atoms with E-state index in [1.807, 2.05) is 28.9 Å². The van der Waals surface area contributed by atoms with E-state index in [0.717, 1.165) is 29.8 Å². The molecule has 0 aliphatic rings. The number of carbonyl (C=O) groups excluding carboxylic acids is 1. The molecule has 5 heteroatoms. The number of anilines is 1. The fourth-order valence-electron chi connectivity index (χ4n) is 3.26. The monoisotopic (exact) mass is 362 g/mol. The maximum atomic E-state index is 12.2. The van der Waals surface area contributed by atoms with Crippen LogP contribution >= 0.6 is 0 Å². The normalized spacial score (nSPS) is 10.8. The van der Waals surface area contributed by atoms with Gasteiger partial charge >= 0.3 is 0 Å². The lowest BCUT2D eigenvalue weighted by atomic mass is 10.1. The molecule has 0 bridgehead atoms. The minimum atomic E-state index is -0.130. The minimum Gasteiger partial charge on any atom is -0.399 e. The number of benzene rings is 2. The third-order valence-electron chi connectivity index (χ3n) is 4.72. The number of hydrogen-bond donors (Lipinski definition) is 2. The molecule has 0 atom stereocenters. The molecule has 27 heavy (non-hydrogen) atoms. The zero-order valence-corrected chi connectivity index (χ0v) is 16.1. The van der Waals surface area contributed by atoms with Crippen LogP contribution in [0.5, 0.6) is 0 Å². The molecule has 0 unspecified atom stereocenters. The Kier molecular flexibility index (Phi) is 5.60. The van der Waals surface area contributed by atoms with Crippen molar-refractivity contribution in [2.45, 2.75) is 40.2 Å². The smallest absolute Gasteiger partial charge is 0.251 e. The van der Waals surface area contributed by atoms with E-state index >= 15 is 0 Å². The van der Waals surface area contributed by atoms with Gasteiger partial charge in [0.05, 0.1) is 11.4 Å². The molecule has 1 amide bonds. The number of amides is 1. The van der Waals surface area contributed by atoms with Gasteiger partial charge in [0.15, 0.2) is 0 Å². The van der Waals surface area contributed by atoms with Crippen molar-refractivity contribution in [2.75, 3.05) is 5.73 Å². The van der Waals surface area contributed by atoms with Crippen LogP contribution in [0.3, 0.4) is 0 Å². The van der Waals surface area contributed by atoms with Gasteiger partial charge in [-0.25, -0.2) is 4.68 Å². The van der Waals surface area contributed by atoms with E-state index < -0.39 is 0 Å². The molecule has 0 radical (unpaired) electrons. The van der Waals surface area contributed by atoms with Crippen molar-refractivity contribution in [2.24, 2.45) is 0 Å². The number of hydrogen-bond acceptors (Lipinski definition) is 3. The van der Waals surface area contributed by atoms with Gasteiger partial charge in [-0.2, -0.15) is 5.10 Å². The third kappa shape index (κ3) is 4.19. The molecular weight excluding hydrogens is 336 g/mol. The quantitative estimate of drug-likeness (QED) is 0.652. The number of aromatic nitrogens is 2. The van der Waals surface area contributed by atoms with Crippen molar-refractivity contribution >= 4 is 11.6 Å². The second-order valence-electron chi connectivity index (χ2n) is 6.79. The van der Waals surface area contributed by atoms with E-state index in [1.54, 1.807) is 24.3 Å². The SMILES string of the molecule is CCCc1c(C)nn(-c2ccc(CNC(=O)c3cccc(N)c3)cc2)c1C. The van der Waals surface area contributed by atoms with Crippen molar-refractivity contribution in [3.63, 3.8) is 0 Å². The summed E-state index contributed by atoms with van der Waals surface area (Å²) in [6.45, 7) is 6.83. The summed E-state index contributed by atoms with van der Waals surface area (Å²) in [4.78, 5) is 12.2. The molecule has 0 saturated carbocycles. The Labute approximate surface area is 160 Å². The number of rotatable bonds is 6. The standard InChI is InChI=1S/C22H26N4O/c1-4-6-21-15(2)25-26(16(21)3)20-11-9-17(10-12-20)14-24-22(27)18-7-5-8-19(23)13-18/h5,7-13H,4,6,14,23H2,1-3H3,(H,24,27). The third-order valence-corrected chi connectivity index (χ3v) is 4.72. The van der Waals surface area contributed by atoms with Crippen molar-refractivity contribution in [3.8, 4) is 5.69 Å². The number of aryl methyl sites for hydroxylation is 1. The molecule has 0 aliphatic heterocycles. The lowest BCUT2D eigenvalue weighted by molar-refractivity contribution is 0.0951. The van der Waals surface area contributed by atoms with Gasteiger partial charge in [0.1, 0.15) is 0 Å². The van der Waals surface area contributed by atoms with Gasteiger partial charge in [-0.05, 0) is 61.7 Å². The van der Waals surface area contributed by atoms with Crippen LogP contribution in [-0.2, 0) is 13.0 Å². The molecule has 3 rings (SSSR count). The Morgan fingerprint density at radius 3 is 2.56 bits per heavy atom. The zero-order chi connectivity index (χ0) is 19.4. The number of nitrogens with two attached hydrogens (primary N) is 1. The van der Waals surface area contributed by atoms with Crippen molar-refractivity contribution in [1.29, 1.82) is 0 Å². The second-order valence-corrected chi connectivity index (χ2v) is 6.79. The topological polar surface area (TPSA) is 72.9 Å². The zero-order valence-electron chi connectivity index (χ0n) is 16.1. The van der Waals surface area contributed by atoms with Crippen LogP contribution in [0.4, 0.5) is 5.69 Å². The van der Waals surface area contributed by atoms with Gasteiger partial charge in [-0.15, -0.1) is 0 Å². The Morgan fingerprint density at radius 1 is 1.15 bits per heavy atom. The van der Waals surface area contributed by atoms with Crippen LogP contribution < -0.4 is 11.1 Å². The van der Waals surface area contributed by atoms with E-state index in [1.165, 1.54) is 11.3 Å². The molecule has 0 saturated heterocycles. The largest absolute Gasteiger partial charge is 0.399 e. The highest BCUT2D eigenvalue weighted by Gasteiger charge is 2.12. The van der Waals surface area contributed by atoms with E-state index in [4.69, 9.17) is 5.73 Å². The van der Waals surface area contributed by atoms with Crippen LogP contribution in [0.15, 0.2) is 48.5 Å². The van der Waals surface area contributed by atoms with Gasteiger partial charge in [0.2, 0.25) is 0 Å². The molecule has 1 aromatic heterocycles. The van der Waals surface area contributed by atoms with E-state index in [2.05, 4.69) is 31.2 Å². The molecule has 1 heterocycles. The summed E-state index contributed by atoms with van der Waals surface area (Å²) in [7, 11) is 0. The number of nitrogen functional groups attached to an aromatic ring is 1. The maximum Gasteiger partial charge on any atom is 0.251 e. The molecule has 0 spiro atoms. The molecule has 5 nitrogen and oxygen atoms in total. The van der Waals surface area contributed by atoms with Crippen molar-refractivity contribution in [1.82, 2.24) is 15.1 Å². The molecule has 0 fully saturated rings. The summed E-state index contributed by atoms with van der Waals surface area (Å²) in [5.41, 5.74) is 12.6. The average Bonchev–Trinajstić information content (AvgIpc) is 2.95. The highest BCUT2D eigenvalue weighted by molar-refractivity contribution is 5.94. The Morgan fingerprint density at radius 2 is 1.89 bits per heavy atom. The summed E-state index contributed by atoms with van der Waals surface area (Å²) in [6.07, 6.45) is 2.16. The molecular formula is C22H26N4O. The summed E-state index contributed by atoms with van der Waals surface area (Å²) < 4.78 is 2.00. The lowest BCUT2D eigenvalue weighted by Gasteiger charge is -2.09. The van der Waals surface area contributed by atoms with Crippen LogP contribution in [-0.4, -0.2) is 15.7 Å². The van der Waals surface area contributed by atoms with Crippen LogP contribution in [0, 0.1) is 13.8 Å². The van der Waals surface area contributed by atoms with E-state index in [-0.39, 0.29) is 5.91 Å². The fourth-order valence-corrected chi connectivity index (χ4v) is 3.26. The lowest BCUT2D eigenvalue weighted by Crippen LogP contribution is -2.22. The van der Waals surface area contributed by atoms with Crippen molar-refractivity contribution in [3.05, 3.63) is 76.6 Å². The summed E-state index contributed by atoms with van der Waals surface area (Å²) in [5.74, 6) is -0.130. The van der Waals surface area contributed by atoms with Crippen LogP contribution in [0.2, 0.25) is 0 Å². The van der Waals surface area contributed by atoms with Gasteiger partial charge in [-0.3, -0.25) is 4.79 Å². The number of nitrogens with zero attached hydrogens (tertiary/aromatic N) is 2. The van der Waals surface area contributed by atoms with Gasteiger partial charge < -0.3 is 11.1 Å². The first-order valence-corrected chi connectivity index (χ1v) is 9.27. The highest BCUT2D eigenvalue weighted by Crippen LogP contribution is 2.19.